The molecule has 2 aromatic carbocycles. The molecule has 1 saturated carbocycles. The van der Waals surface area contributed by atoms with Crippen LogP contribution in [0.3, 0.4) is 0 Å². The van der Waals surface area contributed by atoms with E-state index in [9.17, 15) is 4.79 Å². The van der Waals surface area contributed by atoms with Gasteiger partial charge in [-0.1, -0.05) is 55.3 Å². The number of aromatic amines is 1. The maximum absolute atomic E-state index is 12.8. The van der Waals surface area contributed by atoms with Crippen molar-refractivity contribution >= 4 is 28.4 Å². The Hall–Kier alpha value is -2.26. The van der Waals surface area contributed by atoms with Crippen molar-refractivity contribution in [1.29, 1.82) is 0 Å². The summed E-state index contributed by atoms with van der Waals surface area (Å²) in [6.07, 6.45) is 6.11. The molecule has 1 aliphatic heterocycles. The van der Waals surface area contributed by atoms with Crippen molar-refractivity contribution in [2.24, 2.45) is 0 Å². The van der Waals surface area contributed by atoms with Crippen LogP contribution in [0.5, 0.6) is 0 Å². The van der Waals surface area contributed by atoms with Crippen LogP contribution in [0.4, 0.5) is 0 Å². The van der Waals surface area contributed by atoms with Crippen LogP contribution in [0.25, 0.3) is 10.9 Å². The van der Waals surface area contributed by atoms with Gasteiger partial charge in [0.1, 0.15) is 5.88 Å². The molecule has 3 aromatic rings. The molecule has 2 aliphatic rings. The number of nitrogens with zero attached hydrogens (tertiary/aromatic N) is 1. The van der Waals surface area contributed by atoms with Crippen LogP contribution in [0.15, 0.2) is 48.5 Å². The second kappa shape index (κ2) is 7.53. The average Bonchev–Trinajstić information content (AvgIpc) is 3.41. The third-order valence-electron chi connectivity index (χ3n) is 6.85. The van der Waals surface area contributed by atoms with Crippen molar-refractivity contribution < 1.29 is 4.79 Å². The van der Waals surface area contributed by atoms with Gasteiger partial charge in [-0.05, 0) is 54.9 Å². The van der Waals surface area contributed by atoms with E-state index in [2.05, 4.69) is 60.4 Å². The smallest absolute Gasteiger partial charge is 0.238 e. The molecule has 1 fully saturated rings. The minimum absolute atomic E-state index is 0.00616. The molecule has 4 heteroatoms. The van der Waals surface area contributed by atoms with E-state index in [1.807, 2.05) is 4.90 Å². The fourth-order valence-electron chi connectivity index (χ4n) is 5.46. The maximum Gasteiger partial charge on any atom is 0.238 e. The molecule has 1 aliphatic carbocycles. The number of fused-ring (bicyclic) bond motifs is 3. The Labute approximate surface area is 177 Å². The number of H-pyrrole nitrogens is 1. The number of hydrogen-bond donors (Lipinski definition) is 1. The van der Waals surface area contributed by atoms with Crippen LogP contribution in [0, 0.1) is 0 Å². The first-order chi connectivity index (χ1) is 14.2. The molecule has 150 valence electrons. The van der Waals surface area contributed by atoms with Gasteiger partial charge in [-0.15, -0.1) is 11.6 Å². The molecule has 2 atom stereocenters. The van der Waals surface area contributed by atoms with Crippen LogP contribution in [0.2, 0.25) is 0 Å². The molecule has 0 radical (unpaired) electrons. The Bertz CT molecular complexity index is 1030. The first kappa shape index (κ1) is 18.7. The summed E-state index contributed by atoms with van der Waals surface area (Å²) in [5.74, 6) is 0.697. The molecule has 2 heterocycles. The van der Waals surface area contributed by atoms with Gasteiger partial charge in [0.2, 0.25) is 5.91 Å². The lowest BCUT2D eigenvalue weighted by Gasteiger charge is -2.41. The van der Waals surface area contributed by atoms with Crippen LogP contribution in [-0.2, 0) is 11.2 Å². The number of para-hydroxylation sites is 1. The van der Waals surface area contributed by atoms with Gasteiger partial charge < -0.3 is 9.88 Å². The highest BCUT2D eigenvalue weighted by atomic mass is 35.5. The lowest BCUT2D eigenvalue weighted by Crippen LogP contribution is -2.46. The van der Waals surface area contributed by atoms with Crippen LogP contribution in [-0.4, -0.2) is 27.7 Å². The first-order valence-electron chi connectivity index (χ1n) is 10.7. The number of halogens is 1. The number of aromatic nitrogens is 1. The molecule has 1 amide bonds. The number of carbonyl (C=O) groups excluding carboxylic acids is 1. The van der Waals surface area contributed by atoms with E-state index in [0.717, 1.165) is 23.2 Å². The summed E-state index contributed by atoms with van der Waals surface area (Å²) < 4.78 is 0. The van der Waals surface area contributed by atoms with Gasteiger partial charge in [-0.3, -0.25) is 4.79 Å². The highest BCUT2D eigenvalue weighted by molar-refractivity contribution is 6.27. The second-order valence-electron chi connectivity index (χ2n) is 8.60. The minimum atomic E-state index is -0.120. The topological polar surface area (TPSA) is 36.1 Å². The van der Waals surface area contributed by atoms with Crippen molar-refractivity contribution in [3.05, 3.63) is 70.9 Å². The minimum Gasteiger partial charge on any atom is -0.356 e. The molecule has 0 saturated heterocycles. The normalized spacial score (nSPS) is 22.2. The summed E-state index contributed by atoms with van der Waals surface area (Å²) in [5, 5.41) is 1.26. The Morgan fingerprint density at radius 3 is 2.48 bits per heavy atom. The number of amides is 1. The van der Waals surface area contributed by atoms with Crippen LogP contribution in [0.1, 0.15) is 67.0 Å². The van der Waals surface area contributed by atoms with E-state index in [0.29, 0.717) is 5.92 Å². The number of hydrogen-bond acceptors (Lipinski definition) is 1. The van der Waals surface area contributed by atoms with E-state index in [-0.39, 0.29) is 23.9 Å². The maximum atomic E-state index is 12.8. The quantitative estimate of drug-likeness (QED) is 0.538. The largest absolute Gasteiger partial charge is 0.356 e. The monoisotopic (exact) mass is 406 g/mol. The highest BCUT2D eigenvalue weighted by Crippen LogP contribution is 2.42. The van der Waals surface area contributed by atoms with Crippen LogP contribution >= 0.6 is 11.6 Å². The van der Waals surface area contributed by atoms with Gasteiger partial charge >= 0.3 is 0 Å². The van der Waals surface area contributed by atoms with E-state index in [1.165, 1.54) is 42.2 Å². The van der Waals surface area contributed by atoms with E-state index < -0.39 is 0 Å². The Morgan fingerprint density at radius 2 is 1.76 bits per heavy atom. The summed E-state index contributed by atoms with van der Waals surface area (Å²) >= 11 is 6.02. The highest BCUT2D eigenvalue weighted by Gasteiger charge is 2.38. The Morgan fingerprint density at radius 1 is 1.07 bits per heavy atom. The molecule has 3 nitrogen and oxygen atoms in total. The van der Waals surface area contributed by atoms with Gasteiger partial charge in [0.15, 0.2) is 0 Å². The third-order valence-corrected chi connectivity index (χ3v) is 7.08. The van der Waals surface area contributed by atoms with E-state index in [1.54, 1.807) is 0 Å². The van der Waals surface area contributed by atoms with Crippen LogP contribution < -0.4 is 0 Å². The number of carbonyl (C=O) groups is 1. The molecule has 0 bridgehead atoms. The van der Waals surface area contributed by atoms with E-state index >= 15 is 0 Å². The zero-order valence-electron chi connectivity index (χ0n) is 16.8. The average molecular weight is 407 g/mol. The molecule has 0 spiro atoms. The molecule has 1 N–H and O–H groups in total. The predicted molar refractivity (Wildman–Crippen MR) is 119 cm³/mol. The Balaban J connectivity index is 1.62. The molecule has 1 aromatic heterocycles. The second-order valence-corrected chi connectivity index (χ2v) is 8.87. The summed E-state index contributed by atoms with van der Waals surface area (Å²) in [6.45, 7) is 2.13. The number of alkyl halides is 1. The zero-order valence-corrected chi connectivity index (χ0v) is 17.6. The third kappa shape index (κ3) is 3.16. The number of rotatable bonds is 3. The Kier molecular flexibility index (Phi) is 4.87. The molecule has 29 heavy (non-hydrogen) atoms. The molecule has 5 rings (SSSR count). The van der Waals surface area contributed by atoms with E-state index in [4.69, 9.17) is 11.6 Å². The van der Waals surface area contributed by atoms with Gasteiger partial charge in [0, 0.05) is 22.6 Å². The summed E-state index contributed by atoms with van der Waals surface area (Å²) in [6, 6.07) is 17.4. The van der Waals surface area contributed by atoms with Gasteiger partial charge in [-0.2, -0.15) is 0 Å². The van der Waals surface area contributed by atoms with Gasteiger partial charge in [0.25, 0.3) is 0 Å². The summed E-state index contributed by atoms with van der Waals surface area (Å²) in [4.78, 5) is 18.5. The SMILES string of the molecule is C[C@H]1Cc2c([nH]c3ccccc23)[C@H](c2ccc(C3CCCC3)cc2)N1C(=O)CCl. The van der Waals surface area contributed by atoms with Gasteiger partial charge in [0.05, 0.1) is 6.04 Å². The molecular weight excluding hydrogens is 380 g/mol. The predicted octanol–water partition coefficient (Wildman–Crippen LogP) is 5.93. The lowest BCUT2D eigenvalue weighted by atomic mass is 9.87. The van der Waals surface area contributed by atoms with Crippen molar-refractivity contribution in [3.63, 3.8) is 0 Å². The van der Waals surface area contributed by atoms with Gasteiger partial charge in [-0.25, -0.2) is 0 Å². The van der Waals surface area contributed by atoms with Crippen molar-refractivity contribution in [1.82, 2.24) is 9.88 Å². The van der Waals surface area contributed by atoms with Crippen molar-refractivity contribution in [3.8, 4) is 0 Å². The first-order valence-corrected chi connectivity index (χ1v) is 11.3. The fourth-order valence-corrected chi connectivity index (χ4v) is 5.60. The number of benzene rings is 2. The fraction of sp³-hybridized carbons (Fsp3) is 0.400. The lowest BCUT2D eigenvalue weighted by molar-refractivity contribution is -0.133. The van der Waals surface area contributed by atoms with Crippen molar-refractivity contribution in [2.75, 3.05) is 5.88 Å². The standard InChI is InChI=1S/C25H27ClN2O/c1-16-14-21-20-8-4-5-9-22(20)27-24(21)25(28(16)23(29)15-26)19-12-10-18(11-13-19)17-6-2-3-7-17/h4-5,8-13,16-17,25,27H,2-3,6-7,14-15H2,1H3/t16-,25-/m0/s1. The summed E-state index contributed by atoms with van der Waals surface area (Å²) in [5.41, 5.74) is 6.19. The summed E-state index contributed by atoms with van der Waals surface area (Å²) in [7, 11) is 0. The number of nitrogens with one attached hydrogen (secondary N) is 1. The molecular formula is C25H27ClN2O. The van der Waals surface area contributed by atoms with Crippen molar-refractivity contribution in [2.45, 2.75) is 57.0 Å². The zero-order chi connectivity index (χ0) is 20.0. The molecule has 0 unspecified atom stereocenters.